The van der Waals surface area contributed by atoms with Crippen LogP contribution in [0.4, 0.5) is 11.4 Å². The van der Waals surface area contributed by atoms with Gasteiger partial charge in [-0.3, -0.25) is 0 Å². The second-order valence-electron chi connectivity index (χ2n) is 6.46. The number of hydrogen-bond donors (Lipinski definition) is 4. The maximum atomic E-state index is 11.6. The molecular weight excluding hydrogens is 340 g/mol. The summed E-state index contributed by atoms with van der Waals surface area (Å²) in [5.41, 5.74) is 0.854. The van der Waals surface area contributed by atoms with E-state index >= 15 is 0 Å². The molecule has 0 radical (unpaired) electrons. The molecule has 2 fully saturated rings. The first-order valence-corrected chi connectivity index (χ1v) is 8.79. The number of hydrogen-bond acceptors (Lipinski definition) is 6. The van der Waals surface area contributed by atoms with Gasteiger partial charge in [0.1, 0.15) is 0 Å². The topological polar surface area (TPSA) is 114 Å². The Hall–Kier alpha value is -1.62. The van der Waals surface area contributed by atoms with Gasteiger partial charge in [-0.2, -0.15) is 10.5 Å². The van der Waals surface area contributed by atoms with E-state index in [2.05, 4.69) is 0 Å². The van der Waals surface area contributed by atoms with E-state index in [0.717, 1.165) is 25.7 Å². The zero-order valence-electron chi connectivity index (χ0n) is 14.4. The first kappa shape index (κ1) is 19.2. The Balaban J connectivity index is 1.93. The average molecular weight is 364 g/mol. The second kappa shape index (κ2) is 8.85. The van der Waals surface area contributed by atoms with Crippen LogP contribution in [-0.2, 0) is 9.47 Å². The molecule has 0 aromatic heterocycles. The Morgan fingerprint density at radius 1 is 0.846 bits per heavy atom. The molecule has 4 atom stereocenters. The Bertz CT molecular complexity index is 609. The lowest BCUT2D eigenvalue weighted by Gasteiger charge is -2.19. The zero-order valence-corrected chi connectivity index (χ0v) is 14.4. The normalized spacial score (nSPS) is 26.2. The number of ether oxygens (including phenoxy) is 2. The molecule has 8 nitrogen and oxygen atoms in total. The van der Waals surface area contributed by atoms with E-state index in [4.69, 9.17) is 9.47 Å². The molecule has 2 aliphatic heterocycles. The molecule has 26 heavy (non-hydrogen) atoms. The molecule has 142 valence electrons. The quantitative estimate of drug-likeness (QED) is 0.557. The third-order valence-electron chi connectivity index (χ3n) is 4.59. The second-order valence-corrected chi connectivity index (χ2v) is 6.46. The van der Waals surface area contributed by atoms with Crippen LogP contribution >= 0.6 is 0 Å². The average Bonchev–Trinajstić information content (AvgIpc) is 3.31. The fourth-order valence-corrected chi connectivity index (χ4v) is 3.21. The van der Waals surface area contributed by atoms with E-state index < -0.39 is 10.5 Å². The van der Waals surface area contributed by atoms with E-state index in [1.807, 2.05) is 12.2 Å². The molecular formula is C18H24N2O6. The maximum absolute atomic E-state index is 11.6. The summed E-state index contributed by atoms with van der Waals surface area (Å²) in [4.78, 5) is 0. The van der Waals surface area contributed by atoms with Crippen LogP contribution in [0.15, 0.2) is 24.3 Å². The van der Waals surface area contributed by atoms with Gasteiger partial charge in [-0.1, -0.05) is 24.3 Å². The molecule has 1 aromatic carbocycles. The fraction of sp³-hybridized carbons (Fsp3) is 0.444. The lowest BCUT2D eigenvalue weighted by Crippen LogP contribution is -3.01. The van der Waals surface area contributed by atoms with Gasteiger partial charge < -0.3 is 19.9 Å². The summed E-state index contributed by atoms with van der Waals surface area (Å²) in [6.07, 6.45) is 10.8. The van der Waals surface area contributed by atoms with E-state index in [9.17, 15) is 20.8 Å². The number of benzene rings is 1. The molecule has 4 N–H and O–H groups in total. The summed E-state index contributed by atoms with van der Waals surface area (Å²) < 4.78 is 11.0. The predicted octanol–water partition coefficient (Wildman–Crippen LogP) is 0.878. The first-order valence-electron chi connectivity index (χ1n) is 8.79. The third kappa shape index (κ3) is 4.76. The maximum Gasteiger partial charge on any atom is 0.177 e. The van der Waals surface area contributed by atoms with E-state index in [1.54, 1.807) is 18.2 Å². The molecule has 0 amide bonds. The van der Waals surface area contributed by atoms with E-state index in [1.165, 1.54) is 6.07 Å². The van der Waals surface area contributed by atoms with Gasteiger partial charge in [0.15, 0.2) is 11.4 Å². The zero-order chi connectivity index (χ0) is 18.5. The minimum Gasteiger partial charge on any atom is -0.595 e. The van der Waals surface area contributed by atoms with Gasteiger partial charge in [-0.05, 0) is 31.7 Å². The van der Waals surface area contributed by atoms with Crippen molar-refractivity contribution in [3.63, 3.8) is 0 Å². The van der Waals surface area contributed by atoms with Crippen LogP contribution in [0.2, 0.25) is 0 Å². The minimum atomic E-state index is -1.16. The Morgan fingerprint density at radius 2 is 1.31 bits per heavy atom. The third-order valence-corrected chi connectivity index (χ3v) is 4.59. The van der Waals surface area contributed by atoms with Crippen molar-refractivity contribution in [3.8, 4) is 0 Å². The highest BCUT2D eigenvalue weighted by molar-refractivity contribution is 5.72. The van der Waals surface area contributed by atoms with Crippen molar-refractivity contribution in [3.05, 3.63) is 45.8 Å². The molecule has 0 spiro atoms. The lowest BCUT2D eigenvalue weighted by molar-refractivity contribution is -0.996. The molecule has 2 unspecified atom stereocenters. The van der Waals surface area contributed by atoms with Gasteiger partial charge in [0.05, 0.1) is 18.3 Å². The molecule has 0 bridgehead atoms. The summed E-state index contributed by atoms with van der Waals surface area (Å²) >= 11 is 0. The highest BCUT2D eigenvalue weighted by Crippen LogP contribution is 2.25. The molecule has 2 aliphatic rings. The summed E-state index contributed by atoms with van der Waals surface area (Å²) in [5, 5.41) is 39.8. The largest absolute Gasteiger partial charge is 0.595 e. The van der Waals surface area contributed by atoms with Gasteiger partial charge >= 0.3 is 0 Å². The van der Waals surface area contributed by atoms with Gasteiger partial charge in [0.25, 0.3) is 0 Å². The standard InChI is InChI=1S/C18H24N2O6/c21-19(22)17-12-18(20(23)24)14(6-8-16-4-2-10-26-16)11-13(17)5-7-15-3-1-9-25-15/h5-8,11-12,15-16,19-21,23H,1-4,9-10H2/t15-,16-/m1/s1. The molecule has 2 saturated heterocycles. The highest BCUT2D eigenvalue weighted by atomic mass is 16.8. The van der Waals surface area contributed by atoms with Crippen molar-refractivity contribution in [1.82, 2.24) is 0 Å². The molecule has 2 heterocycles. The van der Waals surface area contributed by atoms with Crippen LogP contribution < -0.4 is 10.5 Å². The van der Waals surface area contributed by atoms with Gasteiger partial charge in [-0.25, -0.2) is 10.4 Å². The summed E-state index contributed by atoms with van der Waals surface area (Å²) in [5.74, 6) is 0. The van der Waals surface area contributed by atoms with Crippen LogP contribution in [-0.4, -0.2) is 35.8 Å². The number of rotatable bonds is 6. The van der Waals surface area contributed by atoms with Crippen LogP contribution in [0.5, 0.6) is 0 Å². The summed E-state index contributed by atoms with van der Waals surface area (Å²) in [6, 6.07) is 2.82. The molecule has 3 rings (SSSR count). The van der Waals surface area contributed by atoms with Gasteiger partial charge in [-0.15, -0.1) is 0 Å². The van der Waals surface area contributed by atoms with Crippen molar-refractivity contribution in [2.24, 2.45) is 0 Å². The van der Waals surface area contributed by atoms with Crippen LogP contribution in [0.1, 0.15) is 36.8 Å². The van der Waals surface area contributed by atoms with Crippen molar-refractivity contribution >= 4 is 23.5 Å². The monoisotopic (exact) mass is 364 g/mol. The SMILES string of the molecule is [O-][NH+](O)c1cc([NH+]([O-])O)c(C=C[C@H]2CCCO2)cc1C=C[C@H]1CCCO1. The van der Waals surface area contributed by atoms with Crippen molar-refractivity contribution in [1.29, 1.82) is 0 Å². The lowest BCUT2D eigenvalue weighted by atomic mass is 10.0. The number of quaternary nitrogens is 2. The van der Waals surface area contributed by atoms with Crippen LogP contribution in [0, 0.1) is 10.4 Å². The summed E-state index contributed by atoms with van der Waals surface area (Å²) in [6.45, 7) is 1.41. The summed E-state index contributed by atoms with van der Waals surface area (Å²) in [7, 11) is 0. The molecule has 8 heteroatoms. The Labute approximate surface area is 151 Å². The van der Waals surface area contributed by atoms with Gasteiger partial charge in [0, 0.05) is 24.3 Å². The predicted molar refractivity (Wildman–Crippen MR) is 94.0 cm³/mol. The smallest absolute Gasteiger partial charge is 0.177 e. The fourth-order valence-electron chi connectivity index (χ4n) is 3.21. The molecule has 0 aliphatic carbocycles. The first-order chi connectivity index (χ1) is 12.5. The van der Waals surface area contributed by atoms with Crippen molar-refractivity contribution in [2.45, 2.75) is 37.9 Å². The molecule has 0 saturated carbocycles. The Morgan fingerprint density at radius 3 is 1.65 bits per heavy atom. The van der Waals surface area contributed by atoms with Crippen molar-refractivity contribution < 1.29 is 30.3 Å². The van der Waals surface area contributed by atoms with E-state index in [0.29, 0.717) is 24.3 Å². The number of nitrogens with one attached hydrogen (secondary N) is 2. The minimum absolute atomic E-state index is 0.0262. The molecule has 1 aromatic rings. The van der Waals surface area contributed by atoms with Crippen LogP contribution in [0.25, 0.3) is 12.2 Å². The van der Waals surface area contributed by atoms with Crippen molar-refractivity contribution in [2.75, 3.05) is 13.2 Å². The highest BCUT2D eigenvalue weighted by Gasteiger charge is 2.19. The van der Waals surface area contributed by atoms with Crippen LogP contribution in [0.3, 0.4) is 0 Å². The Kier molecular flexibility index (Phi) is 6.52. The van der Waals surface area contributed by atoms with Gasteiger partial charge in [0.2, 0.25) is 0 Å². The van der Waals surface area contributed by atoms with E-state index in [-0.39, 0.29) is 23.6 Å².